The van der Waals surface area contributed by atoms with Crippen LogP contribution >= 0.6 is 0 Å². The van der Waals surface area contributed by atoms with Gasteiger partial charge in [0.05, 0.1) is 6.21 Å². The highest BCUT2D eigenvalue weighted by atomic mass is 16.2. The fourth-order valence-electron chi connectivity index (χ4n) is 2.41. The smallest absolute Gasteiger partial charge is 0.271 e. The van der Waals surface area contributed by atoms with Gasteiger partial charge < -0.3 is 4.57 Å². The lowest BCUT2D eigenvalue weighted by molar-refractivity contribution is 0.0955. The zero-order chi connectivity index (χ0) is 15.5. The molecule has 4 heteroatoms. The van der Waals surface area contributed by atoms with Crippen LogP contribution in [0.4, 0.5) is 0 Å². The molecule has 0 unspecified atom stereocenters. The second-order valence-electron chi connectivity index (χ2n) is 5.28. The lowest BCUT2D eigenvalue weighted by Gasteiger charge is -1.99. The number of hydrazone groups is 1. The molecule has 1 aromatic heterocycles. The summed E-state index contributed by atoms with van der Waals surface area (Å²) in [6, 6.07) is 15.5. The van der Waals surface area contributed by atoms with E-state index in [1.165, 1.54) is 0 Å². The van der Waals surface area contributed by atoms with E-state index in [0.717, 1.165) is 22.0 Å². The molecule has 0 aliphatic carbocycles. The predicted octanol–water partition coefficient (Wildman–Crippen LogP) is 3.25. The second kappa shape index (κ2) is 5.85. The lowest BCUT2D eigenvalue weighted by Crippen LogP contribution is -2.17. The van der Waals surface area contributed by atoms with E-state index in [9.17, 15) is 4.79 Å². The molecule has 1 heterocycles. The van der Waals surface area contributed by atoms with E-state index in [0.29, 0.717) is 5.56 Å². The predicted molar refractivity (Wildman–Crippen MR) is 89.2 cm³/mol. The van der Waals surface area contributed by atoms with Crippen molar-refractivity contribution in [2.45, 2.75) is 6.92 Å². The first-order valence-corrected chi connectivity index (χ1v) is 7.09. The third-order valence-electron chi connectivity index (χ3n) is 3.61. The summed E-state index contributed by atoms with van der Waals surface area (Å²) in [5.41, 5.74) is 6.39. The number of nitrogens with one attached hydrogen (secondary N) is 1. The minimum Gasteiger partial charge on any atom is -0.350 e. The largest absolute Gasteiger partial charge is 0.350 e. The quantitative estimate of drug-likeness (QED) is 0.584. The normalized spacial score (nSPS) is 11.2. The Hall–Kier alpha value is -2.88. The van der Waals surface area contributed by atoms with Crippen molar-refractivity contribution in [1.29, 1.82) is 0 Å². The van der Waals surface area contributed by atoms with Gasteiger partial charge in [-0.15, -0.1) is 0 Å². The minimum atomic E-state index is -0.212. The molecule has 0 aliphatic heterocycles. The summed E-state index contributed by atoms with van der Waals surface area (Å²) in [5.74, 6) is -0.212. The lowest BCUT2D eigenvalue weighted by atomic mass is 10.1. The molecule has 3 aromatic rings. The van der Waals surface area contributed by atoms with E-state index < -0.39 is 0 Å². The van der Waals surface area contributed by atoms with Gasteiger partial charge in [0.2, 0.25) is 0 Å². The van der Waals surface area contributed by atoms with E-state index >= 15 is 0 Å². The van der Waals surface area contributed by atoms with Gasteiger partial charge >= 0.3 is 0 Å². The van der Waals surface area contributed by atoms with Gasteiger partial charge in [-0.2, -0.15) is 5.10 Å². The molecule has 1 amide bonds. The van der Waals surface area contributed by atoms with Crippen LogP contribution in [-0.2, 0) is 7.05 Å². The molecule has 4 nitrogen and oxygen atoms in total. The first-order chi connectivity index (χ1) is 10.6. The topological polar surface area (TPSA) is 46.4 Å². The molecule has 1 N–H and O–H groups in total. The van der Waals surface area contributed by atoms with E-state index in [4.69, 9.17) is 0 Å². The molecule has 0 fully saturated rings. The monoisotopic (exact) mass is 291 g/mol. The van der Waals surface area contributed by atoms with Crippen LogP contribution in [-0.4, -0.2) is 16.7 Å². The van der Waals surface area contributed by atoms with Crippen LogP contribution < -0.4 is 5.43 Å². The van der Waals surface area contributed by atoms with Crippen molar-refractivity contribution in [3.05, 3.63) is 71.4 Å². The maximum atomic E-state index is 12.0. The van der Waals surface area contributed by atoms with E-state index in [1.54, 1.807) is 18.3 Å². The molecule has 2 aromatic carbocycles. The van der Waals surface area contributed by atoms with Crippen molar-refractivity contribution < 1.29 is 4.79 Å². The summed E-state index contributed by atoms with van der Waals surface area (Å²) in [6.45, 7) is 1.99. The fraction of sp³-hybridized carbons (Fsp3) is 0.111. The molecule has 0 atom stereocenters. The highest BCUT2D eigenvalue weighted by Gasteiger charge is 2.05. The number of fused-ring (bicyclic) bond motifs is 1. The van der Waals surface area contributed by atoms with Gasteiger partial charge in [0.25, 0.3) is 5.91 Å². The van der Waals surface area contributed by atoms with Crippen molar-refractivity contribution in [2.24, 2.45) is 12.1 Å². The minimum absolute atomic E-state index is 0.212. The van der Waals surface area contributed by atoms with Crippen LogP contribution in [0.25, 0.3) is 10.9 Å². The summed E-state index contributed by atoms with van der Waals surface area (Å²) < 4.78 is 2.04. The highest BCUT2D eigenvalue weighted by molar-refractivity contribution is 6.00. The van der Waals surface area contributed by atoms with Gasteiger partial charge in [0, 0.05) is 35.3 Å². The fourth-order valence-corrected chi connectivity index (χ4v) is 2.41. The Labute approximate surface area is 129 Å². The Morgan fingerprint density at radius 2 is 1.86 bits per heavy atom. The molecule has 0 radical (unpaired) electrons. The van der Waals surface area contributed by atoms with Crippen molar-refractivity contribution in [2.75, 3.05) is 0 Å². The first kappa shape index (κ1) is 14.1. The van der Waals surface area contributed by atoms with E-state index in [1.807, 2.05) is 55.1 Å². The number of hydrogen-bond donors (Lipinski definition) is 1. The van der Waals surface area contributed by atoms with E-state index in [-0.39, 0.29) is 5.91 Å². The molecule has 0 saturated heterocycles. The Bertz CT molecular complexity index is 844. The number of para-hydroxylation sites is 1. The van der Waals surface area contributed by atoms with Gasteiger partial charge in [-0.3, -0.25) is 4.79 Å². The van der Waals surface area contributed by atoms with E-state index in [2.05, 4.69) is 16.6 Å². The summed E-state index contributed by atoms with van der Waals surface area (Å²) in [6.07, 6.45) is 3.67. The number of carbonyl (C=O) groups excluding carboxylic acids is 1. The van der Waals surface area contributed by atoms with Crippen molar-refractivity contribution in [1.82, 2.24) is 9.99 Å². The molecule has 0 spiro atoms. The van der Waals surface area contributed by atoms with Gasteiger partial charge in [-0.1, -0.05) is 35.9 Å². The summed E-state index contributed by atoms with van der Waals surface area (Å²) in [7, 11) is 1.99. The number of carbonyl (C=O) groups is 1. The number of amides is 1. The van der Waals surface area contributed by atoms with Crippen LogP contribution in [0.2, 0.25) is 0 Å². The van der Waals surface area contributed by atoms with Gasteiger partial charge in [0.15, 0.2) is 0 Å². The average molecular weight is 291 g/mol. The molecule has 0 aliphatic rings. The number of hydrogen-bond acceptors (Lipinski definition) is 2. The maximum Gasteiger partial charge on any atom is 0.271 e. The Balaban J connectivity index is 1.76. The summed E-state index contributed by atoms with van der Waals surface area (Å²) in [5, 5.41) is 5.18. The molecule has 3 rings (SSSR count). The zero-order valence-electron chi connectivity index (χ0n) is 12.6. The highest BCUT2D eigenvalue weighted by Crippen LogP contribution is 2.18. The van der Waals surface area contributed by atoms with Crippen molar-refractivity contribution >= 4 is 23.0 Å². The third kappa shape index (κ3) is 2.76. The van der Waals surface area contributed by atoms with Crippen LogP contribution in [0.15, 0.2) is 59.8 Å². The molecule has 110 valence electrons. The van der Waals surface area contributed by atoms with Gasteiger partial charge in [0.1, 0.15) is 0 Å². The molecule has 0 bridgehead atoms. The standard InChI is InChI=1S/C18H17N3O/c1-13-7-9-14(10-8-13)18(22)20-19-11-15-12-21(2)17-6-4-3-5-16(15)17/h3-12H,1-2H3,(H,20,22)/b19-11-. The number of rotatable bonds is 3. The Morgan fingerprint density at radius 1 is 1.14 bits per heavy atom. The molecule has 22 heavy (non-hydrogen) atoms. The molecule has 0 saturated carbocycles. The summed E-state index contributed by atoms with van der Waals surface area (Å²) >= 11 is 0. The Kier molecular flexibility index (Phi) is 3.74. The molecular weight excluding hydrogens is 274 g/mol. The number of aromatic nitrogens is 1. The van der Waals surface area contributed by atoms with Crippen molar-refractivity contribution in [3.63, 3.8) is 0 Å². The summed E-state index contributed by atoms with van der Waals surface area (Å²) in [4.78, 5) is 12.0. The van der Waals surface area contributed by atoms with Crippen LogP contribution in [0, 0.1) is 6.92 Å². The first-order valence-electron chi connectivity index (χ1n) is 7.09. The Morgan fingerprint density at radius 3 is 2.64 bits per heavy atom. The SMILES string of the molecule is Cc1ccc(C(=O)N/N=C\c2cn(C)c3ccccc23)cc1. The van der Waals surface area contributed by atoms with Crippen LogP contribution in [0.3, 0.4) is 0 Å². The number of benzene rings is 2. The van der Waals surface area contributed by atoms with Gasteiger partial charge in [-0.25, -0.2) is 5.43 Å². The molecular formula is C18H17N3O. The average Bonchev–Trinajstić information content (AvgIpc) is 2.85. The van der Waals surface area contributed by atoms with Gasteiger partial charge in [-0.05, 0) is 25.1 Å². The van der Waals surface area contributed by atoms with Crippen molar-refractivity contribution in [3.8, 4) is 0 Å². The number of aryl methyl sites for hydroxylation is 2. The second-order valence-corrected chi connectivity index (χ2v) is 5.28. The number of nitrogens with zero attached hydrogens (tertiary/aromatic N) is 2. The third-order valence-corrected chi connectivity index (χ3v) is 3.61. The van der Waals surface area contributed by atoms with Crippen LogP contribution in [0.1, 0.15) is 21.5 Å². The van der Waals surface area contributed by atoms with Crippen LogP contribution in [0.5, 0.6) is 0 Å². The zero-order valence-corrected chi connectivity index (χ0v) is 12.6. The maximum absolute atomic E-state index is 12.0.